The Balaban J connectivity index is 2.11. The number of ether oxygens (including phenoxy) is 5. The molecule has 2 aromatic carbocycles. The fourth-order valence-electron chi connectivity index (χ4n) is 4.68. The zero-order valence-electron chi connectivity index (χ0n) is 26.3. The summed E-state index contributed by atoms with van der Waals surface area (Å²) in [7, 11) is 3.10. The molecule has 3 rings (SSSR count). The monoisotopic (exact) mass is 582 g/mol. The van der Waals surface area contributed by atoms with E-state index in [4.69, 9.17) is 28.7 Å². The van der Waals surface area contributed by atoms with Gasteiger partial charge in [0.05, 0.1) is 20.8 Å². The fourth-order valence-corrected chi connectivity index (χ4v) is 4.68. The van der Waals surface area contributed by atoms with Crippen molar-refractivity contribution in [1.29, 1.82) is 0 Å². The van der Waals surface area contributed by atoms with Crippen LogP contribution in [-0.4, -0.2) is 55.3 Å². The summed E-state index contributed by atoms with van der Waals surface area (Å²) >= 11 is 0. The average Bonchev–Trinajstić information content (AvgIpc) is 2.94. The van der Waals surface area contributed by atoms with Crippen molar-refractivity contribution >= 4 is 23.5 Å². The molecule has 0 aromatic heterocycles. The van der Waals surface area contributed by atoms with Crippen LogP contribution in [0.25, 0.3) is 0 Å². The summed E-state index contributed by atoms with van der Waals surface area (Å²) in [5.74, 6) is -1.66. The minimum atomic E-state index is -1.37. The summed E-state index contributed by atoms with van der Waals surface area (Å²) in [4.78, 5) is 33.8. The van der Waals surface area contributed by atoms with Crippen LogP contribution in [0.15, 0.2) is 47.5 Å². The van der Waals surface area contributed by atoms with E-state index in [-0.39, 0.29) is 11.9 Å². The van der Waals surface area contributed by atoms with Crippen molar-refractivity contribution in [3.63, 3.8) is 0 Å². The maximum Gasteiger partial charge on any atom is 0.331 e. The lowest BCUT2D eigenvalue weighted by atomic mass is 10.0. The Hall–Kier alpha value is -3.75. The first kappa shape index (κ1) is 32.8. The van der Waals surface area contributed by atoms with Crippen molar-refractivity contribution in [3.05, 3.63) is 48.0 Å². The van der Waals surface area contributed by atoms with Crippen LogP contribution < -0.4 is 14.2 Å². The van der Waals surface area contributed by atoms with Gasteiger partial charge in [-0.25, -0.2) is 4.99 Å². The minimum Gasteiger partial charge on any atom is -0.497 e. The molecule has 0 aliphatic carbocycles. The fraction of sp³-hybridized carbons (Fsp3) is 0.545. The third kappa shape index (κ3) is 8.87. The first-order chi connectivity index (χ1) is 20.0. The Labute approximate surface area is 250 Å². The number of amidine groups is 1. The van der Waals surface area contributed by atoms with E-state index in [2.05, 4.69) is 27.7 Å². The molecule has 2 aromatic rings. The van der Waals surface area contributed by atoms with Gasteiger partial charge in [0.15, 0.2) is 0 Å². The molecule has 0 amide bonds. The highest BCUT2D eigenvalue weighted by molar-refractivity contribution is 6.17. The number of nitrogens with zero attached hydrogens (tertiary/aromatic N) is 2. The van der Waals surface area contributed by atoms with Crippen LogP contribution in [-0.2, 0) is 25.6 Å². The minimum absolute atomic E-state index is 0.0630. The van der Waals surface area contributed by atoms with E-state index in [0.717, 1.165) is 37.0 Å². The lowest BCUT2D eigenvalue weighted by Crippen LogP contribution is -2.54. The smallest absolute Gasteiger partial charge is 0.331 e. The second kappa shape index (κ2) is 14.9. The van der Waals surface area contributed by atoms with Crippen LogP contribution in [0.4, 0.5) is 5.69 Å². The summed E-state index contributed by atoms with van der Waals surface area (Å²) < 4.78 is 27.9. The molecule has 0 spiro atoms. The number of esters is 2. The van der Waals surface area contributed by atoms with Gasteiger partial charge in [0.1, 0.15) is 28.8 Å². The van der Waals surface area contributed by atoms with E-state index in [1.165, 1.54) is 21.0 Å². The predicted molar refractivity (Wildman–Crippen MR) is 162 cm³/mol. The average molecular weight is 583 g/mol. The number of carbonyl (C=O) groups excluding carboxylic acids is 2. The maximum atomic E-state index is 13.4. The second-order valence-corrected chi connectivity index (χ2v) is 11.5. The normalized spacial score (nSPS) is 16.1. The van der Waals surface area contributed by atoms with Gasteiger partial charge in [0.2, 0.25) is 5.92 Å². The van der Waals surface area contributed by atoms with Crippen LogP contribution in [0.5, 0.6) is 17.2 Å². The van der Waals surface area contributed by atoms with Crippen LogP contribution in [0, 0.1) is 11.8 Å². The molecule has 42 heavy (non-hydrogen) atoms. The summed E-state index contributed by atoms with van der Waals surface area (Å²) in [6.07, 6.45) is 3.97. The Morgan fingerprint density at radius 3 is 2.17 bits per heavy atom. The molecule has 1 fully saturated rings. The molecule has 1 atom stereocenters. The number of rotatable bonds is 14. The highest BCUT2D eigenvalue weighted by Gasteiger charge is 2.48. The topological polar surface area (TPSA) is 95.9 Å². The molecular weight excluding hydrogens is 536 g/mol. The van der Waals surface area contributed by atoms with Gasteiger partial charge < -0.3 is 28.6 Å². The van der Waals surface area contributed by atoms with Crippen molar-refractivity contribution in [2.45, 2.75) is 85.6 Å². The van der Waals surface area contributed by atoms with Gasteiger partial charge >= 0.3 is 11.9 Å². The number of benzene rings is 2. The number of hydrogen-bond donors (Lipinski definition) is 0. The number of hydrogen-bond acceptors (Lipinski definition) is 8. The van der Waals surface area contributed by atoms with Crippen molar-refractivity contribution in [1.82, 2.24) is 4.90 Å². The zero-order chi connectivity index (χ0) is 30.9. The molecule has 1 heterocycles. The Kier molecular flexibility index (Phi) is 11.6. The van der Waals surface area contributed by atoms with E-state index in [1.807, 2.05) is 29.2 Å². The molecule has 9 heteroatoms. The number of methoxy groups -OCH3 is 2. The maximum absolute atomic E-state index is 13.4. The second-order valence-electron chi connectivity index (χ2n) is 11.5. The number of carbonyl (C=O) groups is 2. The van der Waals surface area contributed by atoms with Gasteiger partial charge in [-0.15, -0.1) is 0 Å². The largest absolute Gasteiger partial charge is 0.497 e. The standard InChI is InChI=1S/C33H46N2O7/c1-9-10-11-12-23(4)35(20-24-13-15-25(16-14-24)40-21-22(2)3)30(29-31(36)41-33(5,6)42-32(29)37)34-27-18-17-26(38-7)19-28(27)39-8/h13-19,22-23,29H,9-12,20-21H2,1-8H3. The molecule has 0 saturated carbocycles. The molecule has 230 valence electrons. The highest BCUT2D eigenvalue weighted by atomic mass is 16.7. The van der Waals surface area contributed by atoms with Gasteiger partial charge in [-0.3, -0.25) is 9.59 Å². The number of unbranched alkanes of at least 4 members (excludes halogenated alkanes) is 2. The molecule has 1 aliphatic rings. The first-order valence-electron chi connectivity index (χ1n) is 14.7. The highest BCUT2D eigenvalue weighted by Crippen LogP contribution is 2.35. The molecular formula is C33H46N2O7. The Bertz CT molecular complexity index is 1200. The van der Waals surface area contributed by atoms with Gasteiger partial charge in [0, 0.05) is 32.5 Å². The summed E-state index contributed by atoms with van der Waals surface area (Å²) in [6, 6.07) is 13.0. The van der Waals surface area contributed by atoms with Gasteiger partial charge in [0.25, 0.3) is 5.79 Å². The van der Waals surface area contributed by atoms with Gasteiger partial charge in [-0.05, 0) is 49.1 Å². The molecule has 1 unspecified atom stereocenters. The SMILES string of the molecule is CCCCCC(C)N(Cc1ccc(OCC(C)C)cc1)C(=Nc1ccc(OC)cc1OC)C1C(=O)OC(C)(C)OC1=O. The molecule has 1 aliphatic heterocycles. The van der Waals surface area contributed by atoms with Crippen LogP contribution in [0.2, 0.25) is 0 Å². The van der Waals surface area contributed by atoms with Crippen LogP contribution in [0.1, 0.15) is 72.8 Å². The Morgan fingerprint density at radius 1 is 0.952 bits per heavy atom. The quantitative estimate of drug-likeness (QED) is 0.0799. The van der Waals surface area contributed by atoms with E-state index in [9.17, 15) is 9.59 Å². The third-order valence-electron chi connectivity index (χ3n) is 6.96. The summed E-state index contributed by atoms with van der Waals surface area (Å²) in [6.45, 7) is 12.6. The van der Waals surface area contributed by atoms with Crippen LogP contribution >= 0.6 is 0 Å². The lowest BCUT2D eigenvalue weighted by molar-refractivity contribution is -0.236. The van der Waals surface area contributed by atoms with Crippen LogP contribution in [0.3, 0.4) is 0 Å². The van der Waals surface area contributed by atoms with Crippen molar-refractivity contribution in [3.8, 4) is 17.2 Å². The van der Waals surface area contributed by atoms with Crippen molar-refractivity contribution < 1.29 is 33.3 Å². The third-order valence-corrected chi connectivity index (χ3v) is 6.96. The predicted octanol–water partition coefficient (Wildman–Crippen LogP) is 6.69. The zero-order valence-corrected chi connectivity index (χ0v) is 26.3. The van der Waals surface area contributed by atoms with E-state index >= 15 is 0 Å². The van der Waals surface area contributed by atoms with Crippen molar-refractivity contribution in [2.75, 3.05) is 20.8 Å². The first-order valence-corrected chi connectivity index (χ1v) is 14.7. The summed E-state index contributed by atoms with van der Waals surface area (Å²) in [5.41, 5.74) is 1.42. The Morgan fingerprint density at radius 2 is 1.60 bits per heavy atom. The number of cyclic esters (lactones) is 2. The summed E-state index contributed by atoms with van der Waals surface area (Å²) in [5, 5.41) is 0. The van der Waals surface area contributed by atoms with E-state index < -0.39 is 23.6 Å². The van der Waals surface area contributed by atoms with Gasteiger partial charge in [-0.2, -0.15) is 0 Å². The van der Waals surface area contributed by atoms with Crippen molar-refractivity contribution in [2.24, 2.45) is 16.8 Å². The van der Waals surface area contributed by atoms with Gasteiger partial charge in [-0.1, -0.05) is 52.2 Å². The molecule has 1 saturated heterocycles. The lowest BCUT2D eigenvalue weighted by Gasteiger charge is -2.38. The molecule has 9 nitrogen and oxygen atoms in total. The molecule has 0 radical (unpaired) electrons. The van der Waals surface area contributed by atoms with E-state index in [0.29, 0.717) is 36.3 Å². The molecule has 0 N–H and O–H groups in total. The molecule has 0 bridgehead atoms. The number of aliphatic imine (C=N–C) groups is 1. The van der Waals surface area contributed by atoms with E-state index in [1.54, 1.807) is 25.3 Å².